The SMILES string of the molecule is CCC(C)C(CC)C(CC(CCCNC=O)C(OC)C(C)C(Cc1ccc(F)cc1)C(=O)O)OC. The number of carboxylic acid groups (broad SMARTS) is 1. The second-order valence-electron chi connectivity index (χ2n) is 9.78. The molecule has 0 bridgehead atoms. The maximum Gasteiger partial charge on any atom is 0.307 e. The van der Waals surface area contributed by atoms with Gasteiger partial charge in [-0.2, -0.15) is 0 Å². The van der Waals surface area contributed by atoms with E-state index in [2.05, 4.69) is 26.1 Å². The summed E-state index contributed by atoms with van der Waals surface area (Å²) in [5.41, 5.74) is 0.782. The van der Waals surface area contributed by atoms with Gasteiger partial charge in [0.2, 0.25) is 6.41 Å². The van der Waals surface area contributed by atoms with Crippen LogP contribution in [0.3, 0.4) is 0 Å². The van der Waals surface area contributed by atoms with Crippen LogP contribution in [0.1, 0.15) is 65.4 Å². The highest BCUT2D eigenvalue weighted by Gasteiger charge is 2.38. The fourth-order valence-electron chi connectivity index (χ4n) is 5.46. The normalized spacial score (nSPS) is 17.6. The Bertz CT molecular complexity index is 729. The van der Waals surface area contributed by atoms with Crippen LogP contribution in [0.2, 0.25) is 0 Å². The number of nitrogens with one attached hydrogen (secondary N) is 1. The number of halogens is 1. The number of carbonyl (C=O) groups is 2. The topological polar surface area (TPSA) is 84.9 Å². The molecule has 1 aromatic carbocycles. The first kappa shape index (κ1) is 31.0. The van der Waals surface area contributed by atoms with Gasteiger partial charge in [0.1, 0.15) is 5.82 Å². The standard InChI is InChI=1S/C28H46FNO5/c1-7-19(3)24(8-2)26(34-5)17-22(10-9-15-30-18-31)27(35-6)20(4)25(28(32)33)16-21-11-13-23(29)14-12-21/h11-14,18-20,22,24-27H,7-10,15-17H2,1-6H3,(H,30,31)(H,32,33). The van der Waals surface area contributed by atoms with Crippen molar-refractivity contribution < 1.29 is 28.6 Å². The van der Waals surface area contributed by atoms with Crippen LogP contribution in [-0.2, 0) is 25.5 Å². The highest BCUT2D eigenvalue weighted by Crippen LogP contribution is 2.35. The first-order chi connectivity index (χ1) is 16.7. The summed E-state index contributed by atoms with van der Waals surface area (Å²) in [7, 11) is 3.39. The average molecular weight is 496 g/mol. The molecule has 0 saturated heterocycles. The first-order valence-corrected chi connectivity index (χ1v) is 12.9. The van der Waals surface area contributed by atoms with Gasteiger partial charge in [-0.05, 0) is 67.1 Å². The van der Waals surface area contributed by atoms with E-state index in [1.807, 2.05) is 6.92 Å². The zero-order valence-electron chi connectivity index (χ0n) is 22.3. The van der Waals surface area contributed by atoms with Crippen LogP contribution in [0, 0.1) is 35.4 Å². The summed E-state index contributed by atoms with van der Waals surface area (Å²) >= 11 is 0. The van der Waals surface area contributed by atoms with Gasteiger partial charge in [0.15, 0.2) is 0 Å². The van der Waals surface area contributed by atoms with Gasteiger partial charge in [0.25, 0.3) is 0 Å². The number of benzene rings is 1. The summed E-state index contributed by atoms with van der Waals surface area (Å²) in [4.78, 5) is 23.0. The summed E-state index contributed by atoms with van der Waals surface area (Å²) in [5.74, 6) is -1.24. The molecule has 7 heteroatoms. The molecule has 1 aromatic rings. The molecule has 0 aromatic heterocycles. The van der Waals surface area contributed by atoms with E-state index in [0.29, 0.717) is 31.2 Å². The fourth-order valence-corrected chi connectivity index (χ4v) is 5.46. The van der Waals surface area contributed by atoms with Crippen LogP contribution < -0.4 is 5.32 Å². The largest absolute Gasteiger partial charge is 0.481 e. The lowest BCUT2D eigenvalue weighted by Crippen LogP contribution is -2.41. The molecule has 0 spiro atoms. The second-order valence-corrected chi connectivity index (χ2v) is 9.78. The van der Waals surface area contributed by atoms with Crippen molar-refractivity contribution in [2.24, 2.45) is 29.6 Å². The summed E-state index contributed by atoms with van der Waals surface area (Å²) in [5, 5.41) is 12.8. The third-order valence-electron chi connectivity index (χ3n) is 7.72. The Hall–Kier alpha value is -1.99. The van der Waals surface area contributed by atoms with E-state index >= 15 is 0 Å². The summed E-state index contributed by atoms with van der Waals surface area (Å²) in [6.07, 6.45) is 5.09. The van der Waals surface area contributed by atoms with E-state index in [-0.39, 0.29) is 29.9 Å². The van der Waals surface area contributed by atoms with Crippen molar-refractivity contribution >= 4 is 12.4 Å². The lowest BCUT2D eigenvalue weighted by Gasteiger charge is -2.38. The minimum atomic E-state index is -0.889. The third kappa shape index (κ3) is 9.88. The maximum absolute atomic E-state index is 13.4. The Morgan fingerprint density at radius 1 is 1.11 bits per heavy atom. The molecule has 0 aliphatic heterocycles. The predicted molar refractivity (Wildman–Crippen MR) is 137 cm³/mol. The van der Waals surface area contributed by atoms with Crippen LogP contribution in [0.15, 0.2) is 24.3 Å². The molecule has 6 nitrogen and oxygen atoms in total. The number of ether oxygens (including phenoxy) is 2. The van der Waals surface area contributed by atoms with Crippen LogP contribution in [0.5, 0.6) is 0 Å². The second kappa shape index (κ2) is 16.6. The van der Waals surface area contributed by atoms with E-state index in [4.69, 9.17) is 9.47 Å². The molecule has 0 heterocycles. The number of hydrogen-bond donors (Lipinski definition) is 2. The third-order valence-corrected chi connectivity index (χ3v) is 7.72. The zero-order chi connectivity index (χ0) is 26.4. The number of amides is 1. The smallest absolute Gasteiger partial charge is 0.307 e. The molecule has 35 heavy (non-hydrogen) atoms. The van der Waals surface area contributed by atoms with Gasteiger partial charge in [-0.15, -0.1) is 0 Å². The van der Waals surface area contributed by atoms with Gasteiger partial charge in [-0.25, -0.2) is 4.39 Å². The molecule has 7 unspecified atom stereocenters. The Morgan fingerprint density at radius 3 is 2.26 bits per heavy atom. The monoisotopic (exact) mass is 495 g/mol. The van der Waals surface area contributed by atoms with E-state index in [1.165, 1.54) is 12.1 Å². The lowest BCUT2D eigenvalue weighted by molar-refractivity contribution is -0.147. The van der Waals surface area contributed by atoms with Gasteiger partial charge >= 0.3 is 5.97 Å². The Labute approximate surface area is 211 Å². The molecule has 1 rings (SSSR count). The number of aliphatic carboxylic acids is 1. The van der Waals surface area contributed by atoms with Crippen molar-refractivity contribution in [1.29, 1.82) is 0 Å². The van der Waals surface area contributed by atoms with Gasteiger partial charge in [-0.3, -0.25) is 9.59 Å². The highest BCUT2D eigenvalue weighted by atomic mass is 19.1. The summed E-state index contributed by atoms with van der Waals surface area (Å²) in [6.45, 7) is 9.12. The zero-order valence-corrected chi connectivity index (χ0v) is 22.3. The molecular formula is C28H46FNO5. The average Bonchev–Trinajstić information content (AvgIpc) is 2.85. The van der Waals surface area contributed by atoms with Gasteiger partial charge in [-0.1, -0.05) is 52.7 Å². The number of carbonyl (C=O) groups excluding carboxylic acids is 1. The van der Waals surface area contributed by atoms with Crippen molar-refractivity contribution in [2.45, 2.75) is 78.4 Å². The van der Waals surface area contributed by atoms with E-state index in [1.54, 1.807) is 26.4 Å². The molecule has 2 N–H and O–H groups in total. The van der Waals surface area contributed by atoms with Crippen molar-refractivity contribution in [2.75, 3.05) is 20.8 Å². The number of hydrogen-bond acceptors (Lipinski definition) is 4. The molecular weight excluding hydrogens is 449 g/mol. The molecule has 0 radical (unpaired) electrons. The summed E-state index contributed by atoms with van der Waals surface area (Å²) < 4.78 is 25.4. The molecule has 0 fully saturated rings. The van der Waals surface area contributed by atoms with Crippen molar-refractivity contribution in [1.82, 2.24) is 5.32 Å². The van der Waals surface area contributed by atoms with Gasteiger partial charge in [0, 0.05) is 20.8 Å². The van der Waals surface area contributed by atoms with Crippen LogP contribution in [0.25, 0.3) is 0 Å². The van der Waals surface area contributed by atoms with Crippen molar-refractivity contribution in [3.8, 4) is 0 Å². The van der Waals surface area contributed by atoms with E-state index in [9.17, 15) is 19.1 Å². The van der Waals surface area contributed by atoms with E-state index in [0.717, 1.165) is 37.7 Å². The molecule has 1 amide bonds. The fraction of sp³-hybridized carbons (Fsp3) is 0.714. The van der Waals surface area contributed by atoms with Crippen molar-refractivity contribution in [3.63, 3.8) is 0 Å². The van der Waals surface area contributed by atoms with Crippen LogP contribution in [0.4, 0.5) is 4.39 Å². The van der Waals surface area contributed by atoms with Gasteiger partial charge in [0.05, 0.1) is 18.1 Å². The number of rotatable bonds is 19. The number of methoxy groups -OCH3 is 2. The van der Waals surface area contributed by atoms with Crippen LogP contribution in [-0.4, -0.2) is 50.5 Å². The first-order valence-electron chi connectivity index (χ1n) is 12.9. The Morgan fingerprint density at radius 2 is 1.77 bits per heavy atom. The molecule has 7 atom stereocenters. The lowest BCUT2D eigenvalue weighted by atomic mass is 9.74. The Kier molecular flexibility index (Phi) is 14.8. The molecule has 200 valence electrons. The maximum atomic E-state index is 13.4. The minimum absolute atomic E-state index is 0.0317. The van der Waals surface area contributed by atoms with Crippen LogP contribution >= 0.6 is 0 Å². The van der Waals surface area contributed by atoms with Gasteiger partial charge < -0.3 is 19.9 Å². The Balaban J connectivity index is 3.19. The highest BCUT2D eigenvalue weighted by molar-refractivity contribution is 5.71. The molecule has 0 aliphatic carbocycles. The summed E-state index contributed by atoms with van der Waals surface area (Å²) in [6, 6.07) is 6.00. The molecule has 0 aliphatic rings. The number of carboxylic acids is 1. The minimum Gasteiger partial charge on any atom is -0.481 e. The predicted octanol–water partition coefficient (Wildman–Crippen LogP) is 5.34. The van der Waals surface area contributed by atoms with E-state index < -0.39 is 11.9 Å². The quantitative estimate of drug-likeness (QED) is 0.200. The molecule has 0 saturated carbocycles. The van der Waals surface area contributed by atoms with Crippen molar-refractivity contribution in [3.05, 3.63) is 35.6 Å².